The standard InChI is InChI=1S/C9H18N4O3/c1-5(8(10)15)13-9(16)6(2)12-7(14)4-11-3/h5-6,11H,4H2,1-3H3,(H2,10,15)(H,12,14)(H,13,16). The zero-order chi connectivity index (χ0) is 12.7. The van der Waals surface area contributed by atoms with Gasteiger partial charge in [-0.25, -0.2) is 0 Å². The molecular weight excluding hydrogens is 212 g/mol. The van der Waals surface area contributed by atoms with Gasteiger partial charge in [0, 0.05) is 0 Å². The topological polar surface area (TPSA) is 113 Å². The molecule has 7 heteroatoms. The first-order valence-electron chi connectivity index (χ1n) is 4.92. The van der Waals surface area contributed by atoms with Crippen molar-refractivity contribution in [1.29, 1.82) is 0 Å². The molecule has 0 rings (SSSR count). The SMILES string of the molecule is CNCC(=O)NC(C)C(=O)NC(C)C(N)=O. The molecule has 3 amide bonds. The first-order chi connectivity index (χ1) is 7.38. The number of likely N-dealkylation sites (N-methyl/N-ethyl adjacent to an activating group) is 1. The van der Waals surface area contributed by atoms with Gasteiger partial charge in [-0.1, -0.05) is 0 Å². The zero-order valence-electron chi connectivity index (χ0n) is 9.66. The van der Waals surface area contributed by atoms with E-state index in [-0.39, 0.29) is 12.5 Å². The van der Waals surface area contributed by atoms with Gasteiger partial charge in [-0.05, 0) is 20.9 Å². The molecule has 0 bridgehead atoms. The number of hydrogen-bond donors (Lipinski definition) is 4. The van der Waals surface area contributed by atoms with Crippen molar-refractivity contribution in [3.8, 4) is 0 Å². The summed E-state index contributed by atoms with van der Waals surface area (Å²) in [6.45, 7) is 3.13. The molecule has 0 aromatic carbocycles. The van der Waals surface area contributed by atoms with E-state index in [0.717, 1.165) is 0 Å². The van der Waals surface area contributed by atoms with Crippen molar-refractivity contribution < 1.29 is 14.4 Å². The van der Waals surface area contributed by atoms with Gasteiger partial charge >= 0.3 is 0 Å². The summed E-state index contributed by atoms with van der Waals surface area (Å²) in [6, 6.07) is -1.46. The Morgan fingerprint density at radius 3 is 2.12 bits per heavy atom. The predicted molar refractivity (Wildman–Crippen MR) is 58.3 cm³/mol. The summed E-state index contributed by atoms with van der Waals surface area (Å²) in [6.07, 6.45) is 0. The second-order valence-electron chi connectivity index (χ2n) is 3.45. The third-order valence-corrected chi connectivity index (χ3v) is 1.89. The Labute approximate surface area is 94.1 Å². The average molecular weight is 230 g/mol. The number of hydrogen-bond acceptors (Lipinski definition) is 4. The average Bonchev–Trinajstić information content (AvgIpc) is 2.17. The van der Waals surface area contributed by atoms with Gasteiger partial charge < -0.3 is 21.7 Å². The maximum atomic E-state index is 11.4. The molecular formula is C9H18N4O3. The van der Waals surface area contributed by atoms with Crippen LogP contribution in [0.2, 0.25) is 0 Å². The van der Waals surface area contributed by atoms with Crippen LogP contribution in [0.3, 0.4) is 0 Å². The number of carbonyl (C=O) groups is 3. The van der Waals surface area contributed by atoms with Crippen LogP contribution in [0.5, 0.6) is 0 Å². The normalized spacial score (nSPS) is 13.7. The fraction of sp³-hybridized carbons (Fsp3) is 0.667. The Hall–Kier alpha value is -1.63. The van der Waals surface area contributed by atoms with E-state index >= 15 is 0 Å². The lowest BCUT2D eigenvalue weighted by Gasteiger charge is -2.16. The van der Waals surface area contributed by atoms with Crippen molar-refractivity contribution in [3.05, 3.63) is 0 Å². The molecule has 0 aliphatic heterocycles. The van der Waals surface area contributed by atoms with E-state index in [2.05, 4.69) is 16.0 Å². The van der Waals surface area contributed by atoms with Crippen LogP contribution in [0.1, 0.15) is 13.8 Å². The summed E-state index contributed by atoms with van der Waals surface area (Å²) in [4.78, 5) is 33.3. The highest BCUT2D eigenvalue weighted by atomic mass is 16.2. The van der Waals surface area contributed by atoms with Crippen molar-refractivity contribution in [2.24, 2.45) is 5.73 Å². The number of amides is 3. The van der Waals surface area contributed by atoms with Gasteiger partial charge in [0.1, 0.15) is 12.1 Å². The third-order valence-electron chi connectivity index (χ3n) is 1.89. The molecule has 2 unspecified atom stereocenters. The summed E-state index contributed by atoms with van der Waals surface area (Å²) < 4.78 is 0. The van der Waals surface area contributed by atoms with E-state index in [4.69, 9.17) is 5.73 Å². The van der Waals surface area contributed by atoms with E-state index in [0.29, 0.717) is 0 Å². The first kappa shape index (κ1) is 14.4. The quantitative estimate of drug-likeness (QED) is 0.411. The Morgan fingerprint density at radius 1 is 1.12 bits per heavy atom. The minimum absolute atomic E-state index is 0.128. The Balaban J connectivity index is 4.08. The highest BCUT2D eigenvalue weighted by Gasteiger charge is 2.18. The van der Waals surface area contributed by atoms with Crippen LogP contribution in [-0.4, -0.2) is 43.4 Å². The van der Waals surface area contributed by atoms with Crippen LogP contribution in [0, 0.1) is 0 Å². The molecule has 0 saturated carbocycles. The van der Waals surface area contributed by atoms with E-state index < -0.39 is 23.9 Å². The zero-order valence-corrected chi connectivity index (χ0v) is 9.66. The largest absolute Gasteiger partial charge is 0.368 e. The van der Waals surface area contributed by atoms with Gasteiger partial charge in [-0.15, -0.1) is 0 Å². The molecule has 0 aliphatic carbocycles. The van der Waals surface area contributed by atoms with Crippen LogP contribution in [0.15, 0.2) is 0 Å². The second kappa shape index (κ2) is 6.78. The Bertz CT molecular complexity index is 280. The van der Waals surface area contributed by atoms with E-state index in [1.54, 1.807) is 7.05 Å². The minimum Gasteiger partial charge on any atom is -0.368 e. The molecule has 0 spiro atoms. The fourth-order valence-corrected chi connectivity index (χ4v) is 0.928. The lowest BCUT2D eigenvalue weighted by Crippen LogP contribution is -2.51. The number of carbonyl (C=O) groups excluding carboxylic acids is 3. The molecule has 0 saturated heterocycles. The lowest BCUT2D eigenvalue weighted by atomic mass is 10.2. The van der Waals surface area contributed by atoms with Crippen molar-refractivity contribution >= 4 is 17.7 Å². The molecule has 0 heterocycles. The van der Waals surface area contributed by atoms with Gasteiger partial charge in [-0.2, -0.15) is 0 Å². The summed E-state index contributed by atoms with van der Waals surface area (Å²) in [5, 5.41) is 7.49. The highest BCUT2D eigenvalue weighted by molar-refractivity contribution is 5.91. The molecule has 16 heavy (non-hydrogen) atoms. The molecule has 0 fully saturated rings. The van der Waals surface area contributed by atoms with Crippen LogP contribution in [0.25, 0.3) is 0 Å². The lowest BCUT2D eigenvalue weighted by molar-refractivity contribution is -0.130. The maximum absolute atomic E-state index is 11.4. The van der Waals surface area contributed by atoms with E-state index in [9.17, 15) is 14.4 Å². The smallest absolute Gasteiger partial charge is 0.242 e. The number of rotatable bonds is 6. The molecule has 2 atom stereocenters. The molecule has 0 aromatic rings. The molecule has 7 nitrogen and oxygen atoms in total. The number of nitrogens with two attached hydrogens (primary N) is 1. The summed E-state index contributed by atoms with van der Waals surface area (Å²) in [5.74, 6) is -1.37. The maximum Gasteiger partial charge on any atom is 0.242 e. The van der Waals surface area contributed by atoms with Gasteiger partial charge in [0.15, 0.2) is 0 Å². The highest BCUT2D eigenvalue weighted by Crippen LogP contribution is 1.86. The van der Waals surface area contributed by atoms with Crippen LogP contribution >= 0.6 is 0 Å². The van der Waals surface area contributed by atoms with Crippen molar-refractivity contribution in [3.63, 3.8) is 0 Å². The monoisotopic (exact) mass is 230 g/mol. The fourth-order valence-electron chi connectivity index (χ4n) is 0.928. The van der Waals surface area contributed by atoms with Crippen LogP contribution in [0.4, 0.5) is 0 Å². The second-order valence-corrected chi connectivity index (χ2v) is 3.45. The van der Waals surface area contributed by atoms with Gasteiger partial charge in [0.25, 0.3) is 0 Å². The van der Waals surface area contributed by atoms with Gasteiger partial charge in [0.05, 0.1) is 6.54 Å². The Morgan fingerprint density at radius 2 is 1.69 bits per heavy atom. The molecule has 0 radical (unpaired) electrons. The Kier molecular flexibility index (Phi) is 6.09. The molecule has 5 N–H and O–H groups in total. The van der Waals surface area contributed by atoms with Crippen molar-refractivity contribution in [2.75, 3.05) is 13.6 Å². The van der Waals surface area contributed by atoms with Crippen LogP contribution in [-0.2, 0) is 14.4 Å². The van der Waals surface area contributed by atoms with Crippen LogP contribution < -0.4 is 21.7 Å². The minimum atomic E-state index is -0.754. The van der Waals surface area contributed by atoms with Gasteiger partial charge in [-0.3, -0.25) is 14.4 Å². The van der Waals surface area contributed by atoms with Gasteiger partial charge in [0.2, 0.25) is 17.7 Å². The van der Waals surface area contributed by atoms with Crippen molar-refractivity contribution in [1.82, 2.24) is 16.0 Å². The predicted octanol–water partition coefficient (Wildman–Crippen LogP) is -2.30. The summed E-state index contributed by atoms with van der Waals surface area (Å²) in [5.41, 5.74) is 4.98. The number of primary amides is 1. The molecule has 0 aromatic heterocycles. The molecule has 0 aliphatic rings. The third kappa shape index (κ3) is 5.30. The molecule has 92 valence electrons. The first-order valence-corrected chi connectivity index (χ1v) is 4.92. The van der Waals surface area contributed by atoms with E-state index in [1.807, 2.05) is 0 Å². The van der Waals surface area contributed by atoms with E-state index in [1.165, 1.54) is 13.8 Å². The van der Waals surface area contributed by atoms with Crippen molar-refractivity contribution in [2.45, 2.75) is 25.9 Å². The number of nitrogens with one attached hydrogen (secondary N) is 3. The summed E-state index contributed by atoms with van der Waals surface area (Å²) >= 11 is 0. The summed E-state index contributed by atoms with van der Waals surface area (Å²) in [7, 11) is 1.62.